The van der Waals surface area contributed by atoms with Gasteiger partial charge in [-0.1, -0.05) is 0 Å². The molecule has 1 aliphatic rings. The first kappa shape index (κ1) is 19.4. The number of primary sulfonamides is 1. The van der Waals surface area contributed by atoms with E-state index in [0.717, 1.165) is 31.7 Å². The number of anilines is 3. The normalized spacial score (nSPS) is 15.2. The van der Waals surface area contributed by atoms with E-state index in [2.05, 4.69) is 25.9 Å². The van der Waals surface area contributed by atoms with E-state index < -0.39 is 10.0 Å². The molecule has 5 N–H and O–H groups in total. The summed E-state index contributed by atoms with van der Waals surface area (Å²) < 4.78 is 22.5. The van der Waals surface area contributed by atoms with Gasteiger partial charge in [0.1, 0.15) is 5.82 Å². The van der Waals surface area contributed by atoms with Crippen molar-refractivity contribution in [3.8, 4) is 0 Å². The first-order valence-electron chi connectivity index (χ1n) is 7.71. The van der Waals surface area contributed by atoms with E-state index in [4.69, 9.17) is 5.14 Å². The van der Waals surface area contributed by atoms with Crippen LogP contribution < -0.4 is 21.1 Å². The van der Waals surface area contributed by atoms with Crippen molar-refractivity contribution in [3.05, 3.63) is 36.5 Å². The van der Waals surface area contributed by atoms with Crippen molar-refractivity contribution in [1.82, 2.24) is 15.3 Å². The Morgan fingerprint density at radius 3 is 2.44 bits per heavy atom. The van der Waals surface area contributed by atoms with E-state index in [-0.39, 0.29) is 17.3 Å². The van der Waals surface area contributed by atoms with Crippen LogP contribution in [0.3, 0.4) is 0 Å². The van der Waals surface area contributed by atoms with Gasteiger partial charge in [0.15, 0.2) is 0 Å². The molecule has 1 aromatic heterocycles. The molecule has 1 aliphatic heterocycles. The Kier molecular flexibility index (Phi) is 6.54. The van der Waals surface area contributed by atoms with Gasteiger partial charge >= 0.3 is 0 Å². The molecule has 8 nitrogen and oxygen atoms in total. The molecule has 2 heterocycles. The largest absolute Gasteiger partial charge is 0.367 e. The molecule has 0 saturated carbocycles. The summed E-state index contributed by atoms with van der Waals surface area (Å²) in [4.78, 5) is 8.68. The lowest BCUT2D eigenvalue weighted by Gasteiger charge is -2.24. The SMILES string of the molecule is Cl.NS(=O)(=O)c1ccc(Nc2nccc(NC3CCNCC3)n2)cc1. The molecule has 0 radical (unpaired) electrons. The van der Waals surface area contributed by atoms with Crippen molar-refractivity contribution in [1.29, 1.82) is 0 Å². The van der Waals surface area contributed by atoms with E-state index in [1.54, 1.807) is 18.3 Å². The van der Waals surface area contributed by atoms with Gasteiger partial charge in [-0.2, -0.15) is 4.98 Å². The van der Waals surface area contributed by atoms with Gasteiger partial charge in [0.05, 0.1) is 4.90 Å². The molecule has 1 saturated heterocycles. The van der Waals surface area contributed by atoms with Crippen molar-refractivity contribution < 1.29 is 8.42 Å². The maximum Gasteiger partial charge on any atom is 0.238 e. The van der Waals surface area contributed by atoms with Gasteiger partial charge in [-0.15, -0.1) is 12.4 Å². The van der Waals surface area contributed by atoms with Gasteiger partial charge in [-0.3, -0.25) is 0 Å². The fourth-order valence-electron chi connectivity index (χ4n) is 2.53. The quantitative estimate of drug-likeness (QED) is 0.615. The minimum absolute atomic E-state index is 0. The van der Waals surface area contributed by atoms with Crippen LogP contribution in [0.1, 0.15) is 12.8 Å². The Labute approximate surface area is 153 Å². The number of aromatic nitrogens is 2. The molecule has 0 atom stereocenters. The first-order chi connectivity index (χ1) is 11.5. The number of hydrogen-bond acceptors (Lipinski definition) is 7. The van der Waals surface area contributed by atoms with Crippen LogP contribution in [0.5, 0.6) is 0 Å². The molecule has 10 heteroatoms. The predicted octanol–water partition coefficient (Wildman–Crippen LogP) is 1.45. The molecule has 0 unspecified atom stereocenters. The monoisotopic (exact) mass is 384 g/mol. The first-order valence-corrected chi connectivity index (χ1v) is 9.25. The summed E-state index contributed by atoms with van der Waals surface area (Å²) in [7, 11) is -3.69. The van der Waals surface area contributed by atoms with Gasteiger partial charge in [0.2, 0.25) is 16.0 Å². The second kappa shape index (κ2) is 8.43. The van der Waals surface area contributed by atoms with Crippen LogP contribution in [0.25, 0.3) is 0 Å². The summed E-state index contributed by atoms with van der Waals surface area (Å²) in [5.74, 6) is 1.21. The third kappa shape index (κ3) is 5.53. The topological polar surface area (TPSA) is 122 Å². The summed E-state index contributed by atoms with van der Waals surface area (Å²) >= 11 is 0. The molecule has 0 bridgehead atoms. The molecule has 2 aromatic rings. The minimum Gasteiger partial charge on any atom is -0.367 e. The third-order valence-electron chi connectivity index (χ3n) is 3.79. The van der Waals surface area contributed by atoms with Crippen LogP contribution in [0.2, 0.25) is 0 Å². The number of halogens is 1. The maximum atomic E-state index is 11.3. The van der Waals surface area contributed by atoms with Crippen molar-refractivity contribution in [2.75, 3.05) is 23.7 Å². The summed E-state index contributed by atoms with van der Waals surface area (Å²) in [5, 5.41) is 14.9. The lowest BCUT2D eigenvalue weighted by atomic mass is 10.1. The summed E-state index contributed by atoms with van der Waals surface area (Å²) in [5.41, 5.74) is 0.682. The summed E-state index contributed by atoms with van der Waals surface area (Å²) in [6.07, 6.45) is 3.79. The summed E-state index contributed by atoms with van der Waals surface area (Å²) in [6.45, 7) is 2.01. The molecule has 0 amide bonds. The standard InChI is InChI=1S/C15H20N6O2S.ClH/c16-24(22,23)13-3-1-11(2-4-13)20-15-18-10-7-14(21-15)19-12-5-8-17-9-6-12;/h1-4,7,10,12,17H,5-6,8-9H2,(H2,16,22,23)(H2,18,19,20,21);1H. The number of benzene rings is 1. The van der Waals surface area contributed by atoms with E-state index in [1.807, 2.05) is 6.07 Å². The number of rotatable bonds is 5. The van der Waals surface area contributed by atoms with Gasteiger partial charge in [0.25, 0.3) is 0 Å². The number of nitrogens with two attached hydrogens (primary N) is 1. The Bertz CT molecular complexity index is 794. The zero-order valence-corrected chi connectivity index (χ0v) is 15.1. The van der Waals surface area contributed by atoms with E-state index in [1.165, 1.54) is 12.1 Å². The van der Waals surface area contributed by atoms with Crippen LogP contribution in [0, 0.1) is 0 Å². The molecule has 25 heavy (non-hydrogen) atoms. The van der Waals surface area contributed by atoms with Crippen molar-refractivity contribution in [3.63, 3.8) is 0 Å². The number of piperidine rings is 1. The average molecular weight is 385 g/mol. The van der Waals surface area contributed by atoms with Gasteiger partial charge in [0, 0.05) is 17.9 Å². The Morgan fingerprint density at radius 1 is 1.12 bits per heavy atom. The average Bonchev–Trinajstić information content (AvgIpc) is 2.56. The van der Waals surface area contributed by atoms with E-state index >= 15 is 0 Å². The number of sulfonamides is 1. The highest BCUT2D eigenvalue weighted by molar-refractivity contribution is 7.89. The predicted molar refractivity (Wildman–Crippen MR) is 99.9 cm³/mol. The summed E-state index contributed by atoms with van der Waals surface area (Å²) in [6, 6.07) is 8.36. The molecular formula is C15H21ClN6O2S. The van der Waals surface area contributed by atoms with Crippen molar-refractivity contribution in [2.24, 2.45) is 5.14 Å². The van der Waals surface area contributed by atoms with Gasteiger partial charge in [-0.05, 0) is 56.3 Å². The zero-order valence-electron chi connectivity index (χ0n) is 13.5. The van der Waals surface area contributed by atoms with Crippen LogP contribution in [-0.4, -0.2) is 37.5 Å². The molecular weight excluding hydrogens is 364 g/mol. The highest BCUT2D eigenvalue weighted by Crippen LogP contribution is 2.18. The third-order valence-corrected chi connectivity index (χ3v) is 4.71. The lowest BCUT2D eigenvalue weighted by molar-refractivity contribution is 0.478. The number of nitrogens with one attached hydrogen (secondary N) is 3. The van der Waals surface area contributed by atoms with Crippen molar-refractivity contribution >= 4 is 39.9 Å². The highest BCUT2D eigenvalue weighted by atomic mass is 35.5. The molecule has 1 fully saturated rings. The van der Waals surface area contributed by atoms with Crippen molar-refractivity contribution in [2.45, 2.75) is 23.8 Å². The van der Waals surface area contributed by atoms with Gasteiger partial charge in [-0.25, -0.2) is 18.5 Å². The number of hydrogen-bond donors (Lipinski definition) is 4. The minimum atomic E-state index is -3.69. The molecule has 3 rings (SSSR count). The van der Waals surface area contributed by atoms with Gasteiger partial charge < -0.3 is 16.0 Å². The molecule has 1 aromatic carbocycles. The van der Waals surface area contributed by atoms with E-state index in [0.29, 0.717) is 17.7 Å². The molecule has 136 valence electrons. The Morgan fingerprint density at radius 2 is 1.80 bits per heavy atom. The Hall–Kier alpha value is -1.94. The Balaban J connectivity index is 0.00000225. The van der Waals surface area contributed by atoms with Crippen LogP contribution in [0.15, 0.2) is 41.4 Å². The molecule has 0 spiro atoms. The number of nitrogens with zero attached hydrogens (tertiary/aromatic N) is 2. The second-order valence-corrected chi connectivity index (χ2v) is 7.19. The fraction of sp³-hybridized carbons (Fsp3) is 0.333. The fourth-order valence-corrected chi connectivity index (χ4v) is 3.05. The van der Waals surface area contributed by atoms with Crippen LogP contribution in [-0.2, 0) is 10.0 Å². The highest BCUT2D eigenvalue weighted by Gasteiger charge is 2.13. The van der Waals surface area contributed by atoms with Crippen LogP contribution in [0.4, 0.5) is 17.5 Å². The maximum absolute atomic E-state index is 11.3. The second-order valence-electron chi connectivity index (χ2n) is 5.63. The lowest BCUT2D eigenvalue weighted by Crippen LogP contribution is -2.35. The van der Waals surface area contributed by atoms with Crippen LogP contribution >= 0.6 is 12.4 Å². The van der Waals surface area contributed by atoms with E-state index in [9.17, 15) is 8.42 Å². The smallest absolute Gasteiger partial charge is 0.238 e. The zero-order chi connectivity index (χ0) is 17.0. The molecule has 0 aliphatic carbocycles.